The number of nitrogens with one attached hydrogen (secondary N) is 1. The summed E-state index contributed by atoms with van der Waals surface area (Å²) in [6, 6.07) is 2.96. The van der Waals surface area contributed by atoms with Gasteiger partial charge in [0.05, 0.1) is 44.4 Å². The van der Waals surface area contributed by atoms with E-state index < -0.39 is 11.9 Å². The molecule has 7 nitrogen and oxygen atoms in total. The second-order valence-electron chi connectivity index (χ2n) is 5.05. The van der Waals surface area contributed by atoms with Gasteiger partial charge in [-0.25, -0.2) is 4.79 Å². The molecule has 0 saturated carbocycles. The number of methoxy groups -OCH3 is 3. The van der Waals surface area contributed by atoms with E-state index in [-0.39, 0.29) is 11.3 Å². The van der Waals surface area contributed by atoms with E-state index in [4.69, 9.17) is 18.6 Å². The van der Waals surface area contributed by atoms with Crippen LogP contribution in [0.3, 0.4) is 0 Å². The molecule has 0 aliphatic carbocycles. The van der Waals surface area contributed by atoms with Gasteiger partial charge < -0.3 is 23.9 Å². The molecular weight excluding hydrogens is 314 g/mol. The highest BCUT2D eigenvalue weighted by atomic mass is 16.5. The quantitative estimate of drug-likeness (QED) is 0.847. The number of esters is 1. The van der Waals surface area contributed by atoms with Crippen LogP contribution in [0.2, 0.25) is 0 Å². The fourth-order valence-electron chi connectivity index (χ4n) is 2.36. The Morgan fingerprint density at radius 1 is 1.04 bits per heavy atom. The summed E-state index contributed by atoms with van der Waals surface area (Å²) in [5.74, 6) is 0.223. The van der Waals surface area contributed by atoms with Gasteiger partial charge in [-0.05, 0) is 13.8 Å². The zero-order valence-electron chi connectivity index (χ0n) is 14.2. The molecule has 2 aromatic rings. The van der Waals surface area contributed by atoms with Crippen LogP contribution in [0.5, 0.6) is 11.5 Å². The summed E-state index contributed by atoms with van der Waals surface area (Å²) in [6.07, 6.45) is 1.50. The fraction of sp³-hybridized carbons (Fsp3) is 0.294. The normalized spacial score (nSPS) is 10.2. The molecule has 128 valence electrons. The van der Waals surface area contributed by atoms with Crippen molar-refractivity contribution in [3.8, 4) is 11.5 Å². The molecule has 1 amide bonds. The number of carbonyl (C=O) groups is 2. The van der Waals surface area contributed by atoms with E-state index in [1.807, 2.05) is 0 Å². The van der Waals surface area contributed by atoms with E-state index in [1.165, 1.54) is 39.7 Å². The molecule has 1 heterocycles. The number of benzene rings is 1. The maximum Gasteiger partial charge on any atom is 0.340 e. The molecule has 0 spiro atoms. The van der Waals surface area contributed by atoms with Gasteiger partial charge in [0.25, 0.3) is 5.91 Å². The van der Waals surface area contributed by atoms with Crippen LogP contribution in [-0.2, 0) is 4.74 Å². The van der Waals surface area contributed by atoms with E-state index in [2.05, 4.69) is 5.32 Å². The number of hydrogen-bond donors (Lipinski definition) is 1. The molecule has 1 aromatic carbocycles. The minimum Gasteiger partial charge on any atom is -0.493 e. The van der Waals surface area contributed by atoms with Crippen LogP contribution in [0.4, 0.5) is 5.69 Å². The predicted octanol–water partition coefficient (Wildman–Crippen LogP) is 2.95. The molecule has 1 aromatic heterocycles. The fourth-order valence-corrected chi connectivity index (χ4v) is 2.36. The van der Waals surface area contributed by atoms with Crippen molar-refractivity contribution in [3.05, 3.63) is 40.8 Å². The first-order valence-corrected chi connectivity index (χ1v) is 7.13. The lowest BCUT2D eigenvalue weighted by Crippen LogP contribution is -2.17. The van der Waals surface area contributed by atoms with E-state index in [1.54, 1.807) is 13.8 Å². The first-order chi connectivity index (χ1) is 11.4. The summed E-state index contributed by atoms with van der Waals surface area (Å²) in [5.41, 5.74) is 1.53. The molecule has 0 radical (unpaired) electrons. The standard InChI is InChI=1S/C17H19NO6/c1-9-8-24-10(2)15(9)16(19)18-12-7-14(22-4)13(21-3)6-11(12)17(20)23-5/h6-8H,1-5H3,(H,18,19). The van der Waals surface area contributed by atoms with Crippen LogP contribution in [0.15, 0.2) is 22.8 Å². The Labute approximate surface area is 139 Å². The van der Waals surface area contributed by atoms with E-state index >= 15 is 0 Å². The Kier molecular flexibility index (Phi) is 5.13. The predicted molar refractivity (Wildman–Crippen MR) is 87.0 cm³/mol. The number of carbonyl (C=O) groups excluding carboxylic acids is 2. The summed E-state index contributed by atoms with van der Waals surface area (Å²) in [7, 11) is 4.18. The minimum absolute atomic E-state index is 0.155. The average Bonchev–Trinajstić information content (AvgIpc) is 2.92. The van der Waals surface area contributed by atoms with Gasteiger partial charge in [-0.2, -0.15) is 0 Å². The van der Waals surface area contributed by atoms with Crippen molar-refractivity contribution in [1.82, 2.24) is 0 Å². The summed E-state index contributed by atoms with van der Waals surface area (Å²) < 4.78 is 20.4. The highest BCUT2D eigenvalue weighted by Gasteiger charge is 2.22. The Bertz CT molecular complexity index is 758. The molecule has 0 aliphatic heterocycles. The smallest absolute Gasteiger partial charge is 0.340 e. The molecule has 0 fully saturated rings. The van der Waals surface area contributed by atoms with Gasteiger partial charge in [-0.15, -0.1) is 0 Å². The Balaban J connectivity index is 2.48. The molecule has 0 unspecified atom stereocenters. The third-order valence-corrected chi connectivity index (χ3v) is 3.56. The number of furan rings is 1. The van der Waals surface area contributed by atoms with Gasteiger partial charge in [0.1, 0.15) is 5.76 Å². The van der Waals surface area contributed by atoms with E-state index in [0.29, 0.717) is 28.4 Å². The van der Waals surface area contributed by atoms with Gasteiger partial charge in [0, 0.05) is 17.7 Å². The zero-order chi connectivity index (χ0) is 17.9. The summed E-state index contributed by atoms with van der Waals surface area (Å²) in [6.45, 7) is 3.46. The van der Waals surface area contributed by atoms with Crippen molar-refractivity contribution < 1.29 is 28.2 Å². The van der Waals surface area contributed by atoms with Crippen molar-refractivity contribution in [3.63, 3.8) is 0 Å². The molecule has 1 N–H and O–H groups in total. The maximum atomic E-state index is 12.5. The average molecular weight is 333 g/mol. The molecule has 7 heteroatoms. The molecule has 0 aliphatic rings. The number of hydrogen-bond acceptors (Lipinski definition) is 6. The molecule has 24 heavy (non-hydrogen) atoms. The Morgan fingerprint density at radius 2 is 1.67 bits per heavy atom. The lowest BCUT2D eigenvalue weighted by molar-refractivity contribution is 0.0601. The Morgan fingerprint density at radius 3 is 2.17 bits per heavy atom. The number of amides is 1. The van der Waals surface area contributed by atoms with E-state index in [0.717, 1.165) is 0 Å². The number of rotatable bonds is 5. The van der Waals surface area contributed by atoms with E-state index in [9.17, 15) is 9.59 Å². The molecule has 0 saturated heterocycles. The molecular formula is C17H19NO6. The van der Waals surface area contributed by atoms with Crippen molar-refractivity contribution in [2.75, 3.05) is 26.6 Å². The first-order valence-electron chi connectivity index (χ1n) is 7.13. The molecule has 0 atom stereocenters. The van der Waals surface area contributed by atoms with Crippen LogP contribution in [0.25, 0.3) is 0 Å². The summed E-state index contributed by atoms with van der Waals surface area (Å²) >= 11 is 0. The van der Waals surface area contributed by atoms with Gasteiger partial charge in [-0.3, -0.25) is 4.79 Å². The number of aryl methyl sites for hydroxylation is 2. The monoisotopic (exact) mass is 333 g/mol. The van der Waals surface area contributed by atoms with Crippen molar-refractivity contribution in [2.24, 2.45) is 0 Å². The lowest BCUT2D eigenvalue weighted by Gasteiger charge is -2.14. The first kappa shape index (κ1) is 17.4. The number of ether oxygens (including phenoxy) is 3. The third-order valence-electron chi connectivity index (χ3n) is 3.56. The van der Waals surface area contributed by atoms with Gasteiger partial charge >= 0.3 is 5.97 Å². The van der Waals surface area contributed by atoms with Crippen LogP contribution in [0.1, 0.15) is 32.0 Å². The highest BCUT2D eigenvalue weighted by Crippen LogP contribution is 2.34. The second-order valence-corrected chi connectivity index (χ2v) is 5.05. The lowest BCUT2D eigenvalue weighted by atomic mass is 10.1. The van der Waals surface area contributed by atoms with Gasteiger partial charge in [0.2, 0.25) is 0 Å². The second kappa shape index (κ2) is 7.08. The minimum atomic E-state index is -0.605. The Hall–Kier alpha value is -2.96. The van der Waals surface area contributed by atoms with Crippen LogP contribution >= 0.6 is 0 Å². The van der Waals surface area contributed by atoms with Crippen molar-refractivity contribution in [1.29, 1.82) is 0 Å². The van der Waals surface area contributed by atoms with Gasteiger partial charge in [-0.1, -0.05) is 0 Å². The summed E-state index contributed by atoms with van der Waals surface area (Å²) in [5, 5.41) is 2.70. The van der Waals surface area contributed by atoms with Crippen LogP contribution in [-0.4, -0.2) is 33.2 Å². The highest BCUT2D eigenvalue weighted by molar-refractivity contribution is 6.09. The topological polar surface area (TPSA) is 87.0 Å². The molecule has 2 rings (SSSR count). The molecule has 0 bridgehead atoms. The summed E-state index contributed by atoms with van der Waals surface area (Å²) in [4.78, 5) is 24.6. The van der Waals surface area contributed by atoms with Crippen molar-refractivity contribution in [2.45, 2.75) is 13.8 Å². The van der Waals surface area contributed by atoms with Gasteiger partial charge in [0.15, 0.2) is 11.5 Å². The van der Waals surface area contributed by atoms with Crippen LogP contribution in [0, 0.1) is 13.8 Å². The maximum absolute atomic E-state index is 12.5. The largest absolute Gasteiger partial charge is 0.493 e. The zero-order valence-corrected chi connectivity index (χ0v) is 14.2. The number of anilines is 1. The van der Waals surface area contributed by atoms with Crippen LogP contribution < -0.4 is 14.8 Å². The van der Waals surface area contributed by atoms with Crippen molar-refractivity contribution >= 4 is 17.6 Å². The SMILES string of the molecule is COC(=O)c1cc(OC)c(OC)cc1NC(=O)c1c(C)coc1C. The third kappa shape index (κ3) is 3.19.